The molecule has 2 heterocycles. The van der Waals surface area contributed by atoms with Crippen LogP contribution in [0.25, 0.3) is 0 Å². The number of carbonyl (C=O) groups is 1. The summed E-state index contributed by atoms with van der Waals surface area (Å²) in [5, 5.41) is 15.1. The van der Waals surface area contributed by atoms with Crippen LogP contribution in [0.15, 0.2) is 24.3 Å². The van der Waals surface area contributed by atoms with Crippen LogP contribution in [0, 0.1) is 0 Å². The van der Waals surface area contributed by atoms with Crippen LogP contribution < -0.4 is 5.32 Å². The molecule has 0 saturated heterocycles. The largest absolute Gasteiger partial charge is 0.356 e. The maximum Gasteiger partial charge on any atom is 0.220 e. The summed E-state index contributed by atoms with van der Waals surface area (Å²) in [6.45, 7) is 4.11. The predicted octanol–water partition coefficient (Wildman–Crippen LogP) is 1.88. The molecule has 27 heavy (non-hydrogen) atoms. The summed E-state index contributed by atoms with van der Waals surface area (Å²) in [6, 6.07) is 8.61. The molecular weight excluding hydrogens is 360 g/mol. The predicted molar refractivity (Wildman–Crippen MR) is 107 cm³/mol. The second-order valence-electron chi connectivity index (χ2n) is 6.85. The summed E-state index contributed by atoms with van der Waals surface area (Å²) >= 11 is 1.80. The van der Waals surface area contributed by atoms with Gasteiger partial charge in [0, 0.05) is 32.6 Å². The van der Waals surface area contributed by atoms with Crippen LogP contribution in [0.2, 0.25) is 0 Å². The van der Waals surface area contributed by atoms with Gasteiger partial charge in [-0.05, 0) is 52.8 Å². The molecule has 0 aliphatic carbocycles. The molecule has 0 saturated carbocycles. The first-order chi connectivity index (χ1) is 13.3. The number of carbonyl (C=O) groups excluding carboxylic acids is 1. The Hall–Kier alpha value is -1.93. The Bertz CT molecular complexity index is 734. The molecule has 1 N–H and O–H groups in total. The molecule has 0 unspecified atom stereocenters. The first-order valence-corrected chi connectivity index (χ1v) is 11.0. The molecule has 0 bridgehead atoms. The van der Waals surface area contributed by atoms with E-state index in [1.165, 1.54) is 11.1 Å². The van der Waals surface area contributed by atoms with Crippen molar-refractivity contribution in [2.75, 3.05) is 25.1 Å². The standard InChI is InChI=1S/C19H28N6OS/c1-27-13-5-10-20-19(26)8-4-11-25-18(21-22-23-25)15-24-12-9-16-6-2-3-7-17(16)14-24/h2-3,6-7H,4-5,8-15H2,1H3,(H,20,26). The number of hydrogen-bond donors (Lipinski definition) is 1. The highest BCUT2D eigenvalue weighted by Gasteiger charge is 2.18. The summed E-state index contributed by atoms with van der Waals surface area (Å²) in [7, 11) is 0. The van der Waals surface area contributed by atoms with Crippen LogP contribution in [-0.4, -0.2) is 56.1 Å². The fraction of sp³-hybridized carbons (Fsp3) is 0.579. The Morgan fingerprint density at radius 3 is 2.96 bits per heavy atom. The van der Waals surface area contributed by atoms with Crippen LogP contribution in [-0.2, 0) is 30.8 Å². The molecule has 3 rings (SSSR count). The molecule has 1 aromatic carbocycles. The molecule has 1 aliphatic heterocycles. The maximum atomic E-state index is 11.9. The lowest BCUT2D eigenvalue weighted by Gasteiger charge is -2.28. The Morgan fingerprint density at radius 1 is 1.26 bits per heavy atom. The summed E-state index contributed by atoms with van der Waals surface area (Å²) in [5.74, 6) is 2.06. The highest BCUT2D eigenvalue weighted by Crippen LogP contribution is 2.19. The van der Waals surface area contributed by atoms with Gasteiger partial charge in [-0.3, -0.25) is 9.69 Å². The number of nitrogens with one attached hydrogen (secondary N) is 1. The zero-order valence-electron chi connectivity index (χ0n) is 15.9. The number of thioether (sulfide) groups is 1. The van der Waals surface area contributed by atoms with E-state index < -0.39 is 0 Å². The van der Waals surface area contributed by atoms with Gasteiger partial charge in [0.1, 0.15) is 0 Å². The van der Waals surface area contributed by atoms with Crippen molar-refractivity contribution in [3.8, 4) is 0 Å². The molecule has 8 heteroatoms. The lowest BCUT2D eigenvalue weighted by atomic mass is 10.00. The van der Waals surface area contributed by atoms with E-state index in [2.05, 4.69) is 56.3 Å². The topological polar surface area (TPSA) is 75.9 Å². The zero-order valence-corrected chi connectivity index (χ0v) is 16.7. The van der Waals surface area contributed by atoms with Gasteiger partial charge in [-0.1, -0.05) is 24.3 Å². The Balaban J connectivity index is 1.43. The van der Waals surface area contributed by atoms with Crippen molar-refractivity contribution < 1.29 is 4.79 Å². The number of aromatic nitrogens is 4. The third kappa shape index (κ3) is 6.04. The van der Waals surface area contributed by atoms with E-state index >= 15 is 0 Å². The molecule has 0 radical (unpaired) electrons. The summed E-state index contributed by atoms with van der Waals surface area (Å²) in [4.78, 5) is 14.2. The number of tetrazole rings is 1. The van der Waals surface area contributed by atoms with Crippen molar-refractivity contribution in [2.45, 2.75) is 45.3 Å². The first kappa shape index (κ1) is 19.8. The average molecular weight is 389 g/mol. The van der Waals surface area contributed by atoms with Crippen LogP contribution in [0.5, 0.6) is 0 Å². The molecule has 1 aromatic heterocycles. The van der Waals surface area contributed by atoms with Gasteiger partial charge < -0.3 is 5.32 Å². The maximum absolute atomic E-state index is 11.9. The van der Waals surface area contributed by atoms with Crippen LogP contribution in [0.4, 0.5) is 0 Å². The van der Waals surface area contributed by atoms with Crippen molar-refractivity contribution in [1.29, 1.82) is 0 Å². The minimum atomic E-state index is 0.110. The van der Waals surface area contributed by atoms with Crippen molar-refractivity contribution in [1.82, 2.24) is 30.4 Å². The second kappa shape index (κ2) is 10.4. The minimum Gasteiger partial charge on any atom is -0.356 e. The number of aryl methyl sites for hydroxylation is 1. The van der Waals surface area contributed by atoms with Gasteiger partial charge in [0.2, 0.25) is 5.91 Å². The van der Waals surface area contributed by atoms with E-state index in [-0.39, 0.29) is 5.91 Å². The van der Waals surface area contributed by atoms with E-state index in [0.29, 0.717) is 13.0 Å². The van der Waals surface area contributed by atoms with E-state index in [4.69, 9.17) is 0 Å². The van der Waals surface area contributed by atoms with Crippen LogP contribution >= 0.6 is 11.8 Å². The lowest BCUT2D eigenvalue weighted by Crippen LogP contribution is -2.31. The molecule has 1 amide bonds. The SMILES string of the molecule is CSCCCNC(=O)CCCn1nnnc1CN1CCc2ccccc2C1. The number of rotatable bonds is 10. The number of hydrogen-bond acceptors (Lipinski definition) is 6. The van der Waals surface area contributed by atoms with Crippen molar-refractivity contribution in [3.05, 3.63) is 41.2 Å². The highest BCUT2D eigenvalue weighted by molar-refractivity contribution is 7.98. The van der Waals surface area contributed by atoms with Gasteiger partial charge in [0.15, 0.2) is 5.82 Å². The lowest BCUT2D eigenvalue weighted by molar-refractivity contribution is -0.121. The molecule has 146 valence electrons. The van der Waals surface area contributed by atoms with Crippen molar-refractivity contribution in [2.24, 2.45) is 0 Å². The molecule has 7 nitrogen and oxygen atoms in total. The van der Waals surface area contributed by atoms with Gasteiger partial charge in [0.25, 0.3) is 0 Å². The third-order valence-corrected chi connectivity index (χ3v) is 5.50. The summed E-state index contributed by atoms with van der Waals surface area (Å²) in [5.41, 5.74) is 2.83. The summed E-state index contributed by atoms with van der Waals surface area (Å²) < 4.78 is 1.83. The van der Waals surface area contributed by atoms with E-state index in [1.807, 2.05) is 4.68 Å². The smallest absolute Gasteiger partial charge is 0.220 e. The van der Waals surface area contributed by atoms with Gasteiger partial charge in [-0.15, -0.1) is 5.10 Å². The van der Waals surface area contributed by atoms with Gasteiger partial charge in [-0.2, -0.15) is 11.8 Å². The number of fused-ring (bicyclic) bond motifs is 1. The van der Waals surface area contributed by atoms with Gasteiger partial charge in [-0.25, -0.2) is 4.68 Å². The molecule has 0 spiro atoms. The fourth-order valence-electron chi connectivity index (χ4n) is 3.32. The molecule has 0 atom stereocenters. The number of benzene rings is 1. The van der Waals surface area contributed by atoms with E-state index in [0.717, 1.165) is 57.0 Å². The molecular formula is C19H28N6OS. The average Bonchev–Trinajstić information content (AvgIpc) is 3.12. The zero-order chi connectivity index (χ0) is 18.9. The molecule has 2 aromatic rings. The van der Waals surface area contributed by atoms with Crippen molar-refractivity contribution in [3.63, 3.8) is 0 Å². The number of nitrogens with zero attached hydrogens (tertiary/aromatic N) is 5. The van der Waals surface area contributed by atoms with Gasteiger partial charge in [0.05, 0.1) is 6.54 Å². The van der Waals surface area contributed by atoms with E-state index in [1.54, 1.807) is 11.8 Å². The Labute approximate surface area is 164 Å². The fourth-order valence-corrected chi connectivity index (χ4v) is 3.75. The molecule has 1 aliphatic rings. The minimum absolute atomic E-state index is 0.110. The molecule has 0 fully saturated rings. The third-order valence-electron chi connectivity index (χ3n) is 4.80. The summed E-state index contributed by atoms with van der Waals surface area (Å²) in [6.07, 6.45) is 5.41. The first-order valence-electron chi connectivity index (χ1n) is 9.56. The van der Waals surface area contributed by atoms with Gasteiger partial charge >= 0.3 is 0 Å². The monoisotopic (exact) mass is 388 g/mol. The van der Waals surface area contributed by atoms with Crippen LogP contribution in [0.1, 0.15) is 36.2 Å². The van der Waals surface area contributed by atoms with E-state index in [9.17, 15) is 4.79 Å². The normalized spacial score (nSPS) is 14.1. The van der Waals surface area contributed by atoms with Crippen LogP contribution in [0.3, 0.4) is 0 Å². The highest BCUT2D eigenvalue weighted by atomic mass is 32.2. The quantitative estimate of drug-likeness (QED) is 0.627. The Morgan fingerprint density at radius 2 is 2.11 bits per heavy atom. The second-order valence-corrected chi connectivity index (χ2v) is 7.83. The van der Waals surface area contributed by atoms with Crippen molar-refractivity contribution >= 4 is 17.7 Å². The Kier molecular flexibility index (Phi) is 7.65. The number of amides is 1.